The van der Waals surface area contributed by atoms with Crippen LogP contribution in [0.4, 0.5) is 0 Å². The smallest absolute Gasteiger partial charge is 0.178 e. The van der Waals surface area contributed by atoms with Crippen LogP contribution in [-0.4, -0.2) is 25.4 Å². The summed E-state index contributed by atoms with van der Waals surface area (Å²) in [7, 11) is 1.68. The van der Waals surface area contributed by atoms with Crippen LogP contribution in [-0.2, 0) is 6.42 Å². The zero-order valence-electron chi connectivity index (χ0n) is 13.4. The Bertz CT molecular complexity index is 654. The van der Waals surface area contributed by atoms with Crippen LogP contribution in [0.2, 0.25) is 0 Å². The minimum Gasteiger partial charge on any atom is -0.496 e. The van der Waals surface area contributed by atoms with Crippen molar-refractivity contribution in [3.05, 3.63) is 29.5 Å². The molecule has 0 bridgehead atoms. The largest absolute Gasteiger partial charge is 0.496 e. The van der Waals surface area contributed by atoms with Crippen molar-refractivity contribution in [3.8, 4) is 5.75 Å². The second kappa shape index (κ2) is 6.97. The number of aromatic nitrogens is 1. The van der Waals surface area contributed by atoms with Gasteiger partial charge in [0.2, 0.25) is 0 Å². The Labute approximate surface area is 131 Å². The predicted molar refractivity (Wildman–Crippen MR) is 89.2 cm³/mol. The summed E-state index contributed by atoms with van der Waals surface area (Å²) in [5, 5.41) is 8.85. The third kappa shape index (κ3) is 3.02. The van der Waals surface area contributed by atoms with Crippen molar-refractivity contribution in [3.63, 3.8) is 0 Å². The number of hydrogen-bond donors (Lipinski definition) is 1. The lowest BCUT2D eigenvalue weighted by Crippen LogP contribution is -2.27. The molecule has 0 amide bonds. The lowest BCUT2D eigenvalue weighted by Gasteiger charge is -2.21. The van der Waals surface area contributed by atoms with Crippen molar-refractivity contribution in [1.29, 1.82) is 0 Å². The van der Waals surface area contributed by atoms with E-state index in [1.54, 1.807) is 7.11 Å². The van der Waals surface area contributed by atoms with Gasteiger partial charge in [-0.15, -0.1) is 0 Å². The Hall–Kier alpha value is -1.81. The van der Waals surface area contributed by atoms with E-state index in [1.807, 2.05) is 25.1 Å². The Morgan fingerprint density at radius 3 is 2.91 bits per heavy atom. The van der Waals surface area contributed by atoms with Crippen LogP contribution in [0.3, 0.4) is 0 Å². The third-order valence-electron chi connectivity index (χ3n) is 4.52. The fourth-order valence-electron chi connectivity index (χ4n) is 3.25. The molecule has 1 aromatic carbocycles. The van der Waals surface area contributed by atoms with Crippen molar-refractivity contribution in [2.45, 2.75) is 32.6 Å². The highest BCUT2D eigenvalue weighted by Crippen LogP contribution is 2.32. The number of rotatable bonds is 5. The monoisotopic (exact) mass is 300 g/mol. The molecule has 0 spiro atoms. The molecule has 1 N–H and O–H groups in total. The van der Waals surface area contributed by atoms with Crippen molar-refractivity contribution >= 4 is 17.0 Å². The molecule has 0 saturated carbocycles. The SMILES string of the molecule is C/C=C/c1c(OC)ccc2c(CCC3CCNCC3)noc12. The van der Waals surface area contributed by atoms with E-state index in [-0.39, 0.29) is 0 Å². The molecular weight excluding hydrogens is 276 g/mol. The normalized spacial score (nSPS) is 16.6. The summed E-state index contributed by atoms with van der Waals surface area (Å²) < 4.78 is 11.0. The first-order valence-corrected chi connectivity index (χ1v) is 8.12. The van der Waals surface area contributed by atoms with Gasteiger partial charge in [-0.25, -0.2) is 0 Å². The van der Waals surface area contributed by atoms with Gasteiger partial charge < -0.3 is 14.6 Å². The van der Waals surface area contributed by atoms with Crippen LogP contribution >= 0.6 is 0 Å². The molecule has 2 heterocycles. The van der Waals surface area contributed by atoms with Crippen molar-refractivity contribution < 1.29 is 9.26 Å². The molecule has 22 heavy (non-hydrogen) atoms. The number of fused-ring (bicyclic) bond motifs is 1. The summed E-state index contributed by atoms with van der Waals surface area (Å²) in [5.41, 5.74) is 2.88. The minimum atomic E-state index is 0.807. The summed E-state index contributed by atoms with van der Waals surface area (Å²) in [6.45, 7) is 4.28. The molecule has 0 atom stereocenters. The van der Waals surface area contributed by atoms with E-state index in [9.17, 15) is 0 Å². The van der Waals surface area contributed by atoms with Crippen molar-refractivity contribution in [1.82, 2.24) is 10.5 Å². The lowest BCUT2D eigenvalue weighted by atomic mass is 9.92. The maximum Gasteiger partial charge on any atom is 0.178 e. The van der Waals surface area contributed by atoms with Gasteiger partial charge in [-0.3, -0.25) is 0 Å². The molecule has 2 aromatic rings. The van der Waals surface area contributed by atoms with Gasteiger partial charge in [-0.05, 0) is 63.7 Å². The van der Waals surface area contributed by atoms with Crippen LogP contribution in [0.15, 0.2) is 22.7 Å². The van der Waals surface area contributed by atoms with Crippen LogP contribution < -0.4 is 10.1 Å². The van der Waals surface area contributed by atoms with E-state index in [0.29, 0.717) is 0 Å². The first kappa shape index (κ1) is 15.1. The maximum absolute atomic E-state index is 5.62. The molecule has 1 aliphatic rings. The first-order valence-electron chi connectivity index (χ1n) is 8.12. The van der Waals surface area contributed by atoms with Gasteiger partial charge in [0.25, 0.3) is 0 Å². The Kier molecular flexibility index (Phi) is 4.78. The first-order chi connectivity index (χ1) is 10.8. The Balaban J connectivity index is 1.83. The number of ether oxygens (including phenoxy) is 1. The van der Waals surface area contributed by atoms with Crippen molar-refractivity contribution in [2.75, 3.05) is 20.2 Å². The summed E-state index contributed by atoms with van der Waals surface area (Å²) in [6, 6.07) is 4.07. The molecule has 1 aliphatic heterocycles. The van der Waals surface area contributed by atoms with E-state index in [2.05, 4.69) is 16.5 Å². The zero-order chi connectivity index (χ0) is 15.4. The van der Waals surface area contributed by atoms with Gasteiger partial charge in [0.1, 0.15) is 5.75 Å². The maximum atomic E-state index is 5.62. The quantitative estimate of drug-likeness (QED) is 0.912. The summed E-state index contributed by atoms with van der Waals surface area (Å²) in [6.07, 6.45) is 8.73. The van der Waals surface area contributed by atoms with Gasteiger partial charge in [-0.2, -0.15) is 0 Å². The molecule has 1 fully saturated rings. The summed E-state index contributed by atoms with van der Waals surface area (Å²) in [5.74, 6) is 1.63. The van der Waals surface area contributed by atoms with Crippen molar-refractivity contribution in [2.24, 2.45) is 5.92 Å². The fraction of sp³-hybridized carbons (Fsp3) is 0.500. The fourth-order valence-corrected chi connectivity index (χ4v) is 3.25. The molecule has 1 aromatic heterocycles. The number of nitrogens with zero attached hydrogens (tertiary/aromatic N) is 1. The number of benzene rings is 1. The highest BCUT2D eigenvalue weighted by molar-refractivity contribution is 5.90. The predicted octanol–water partition coefficient (Wildman–Crippen LogP) is 3.80. The van der Waals surface area contributed by atoms with Gasteiger partial charge in [-0.1, -0.05) is 17.3 Å². The number of nitrogens with one attached hydrogen (secondary N) is 1. The average Bonchev–Trinajstić information content (AvgIpc) is 2.98. The Morgan fingerprint density at radius 1 is 1.36 bits per heavy atom. The highest BCUT2D eigenvalue weighted by atomic mass is 16.5. The van der Waals surface area contributed by atoms with E-state index >= 15 is 0 Å². The van der Waals surface area contributed by atoms with Gasteiger partial charge in [0, 0.05) is 5.39 Å². The van der Waals surface area contributed by atoms with E-state index in [0.717, 1.165) is 53.4 Å². The molecule has 4 nitrogen and oxygen atoms in total. The molecule has 1 saturated heterocycles. The number of methoxy groups -OCH3 is 1. The Morgan fingerprint density at radius 2 is 2.18 bits per heavy atom. The zero-order valence-corrected chi connectivity index (χ0v) is 13.4. The molecular formula is C18H24N2O2. The number of aryl methyl sites for hydroxylation is 1. The molecule has 3 rings (SSSR count). The van der Waals surface area contributed by atoms with Crippen LogP contribution in [0.5, 0.6) is 5.75 Å². The minimum absolute atomic E-state index is 0.807. The number of hydrogen-bond acceptors (Lipinski definition) is 4. The van der Waals surface area contributed by atoms with E-state index in [1.165, 1.54) is 19.3 Å². The second-order valence-corrected chi connectivity index (χ2v) is 5.92. The molecule has 0 unspecified atom stereocenters. The van der Waals surface area contributed by atoms with Gasteiger partial charge >= 0.3 is 0 Å². The molecule has 118 valence electrons. The van der Waals surface area contributed by atoms with Gasteiger partial charge in [0.15, 0.2) is 5.58 Å². The lowest BCUT2D eigenvalue weighted by molar-refractivity contribution is 0.350. The number of allylic oxidation sites excluding steroid dienone is 1. The standard InChI is InChI=1S/C18H24N2O2/c1-3-4-15-17(21-2)8-6-14-16(20-22-18(14)15)7-5-13-9-11-19-12-10-13/h3-4,6,8,13,19H,5,7,9-12H2,1-2H3/b4-3+. The average molecular weight is 300 g/mol. The van der Waals surface area contributed by atoms with E-state index in [4.69, 9.17) is 9.26 Å². The topological polar surface area (TPSA) is 47.3 Å². The highest BCUT2D eigenvalue weighted by Gasteiger charge is 2.17. The summed E-state index contributed by atoms with van der Waals surface area (Å²) >= 11 is 0. The molecule has 0 aliphatic carbocycles. The second-order valence-electron chi connectivity index (χ2n) is 5.92. The summed E-state index contributed by atoms with van der Waals surface area (Å²) in [4.78, 5) is 0. The number of piperidine rings is 1. The molecule has 0 radical (unpaired) electrons. The van der Waals surface area contributed by atoms with Crippen LogP contribution in [0, 0.1) is 5.92 Å². The van der Waals surface area contributed by atoms with Gasteiger partial charge in [0.05, 0.1) is 18.4 Å². The molecule has 4 heteroatoms. The van der Waals surface area contributed by atoms with Crippen LogP contribution in [0.1, 0.15) is 37.4 Å². The van der Waals surface area contributed by atoms with Crippen LogP contribution in [0.25, 0.3) is 17.0 Å². The third-order valence-corrected chi connectivity index (χ3v) is 4.52. The van der Waals surface area contributed by atoms with E-state index < -0.39 is 0 Å².